The number of hydrogen-bond acceptors (Lipinski definition) is 3. The van der Waals surface area contributed by atoms with Crippen LogP contribution in [0.3, 0.4) is 0 Å². The van der Waals surface area contributed by atoms with E-state index in [1.165, 1.54) is 6.07 Å². The Balaban J connectivity index is 1.33. The van der Waals surface area contributed by atoms with Crippen molar-refractivity contribution in [3.05, 3.63) is 59.4 Å². The first kappa shape index (κ1) is 22.6. The van der Waals surface area contributed by atoms with Gasteiger partial charge in [0.15, 0.2) is 0 Å². The van der Waals surface area contributed by atoms with E-state index < -0.39 is 18.1 Å². The van der Waals surface area contributed by atoms with Gasteiger partial charge < -0.3 is 14.6 Å². The van der Waals surface area contributed by atoms with Crippen LogP contribution in [0.1, 0.15) is 61.5 Å². The Morgan fingerprint density at radius 3 is 2.47 bits per heavy atom. The monoisotopic (exact) mass is 444 g/mol. The summed E-state index contributed by atoms with van der Waals surface area (Å²) in [5.41, 5.74) is 1.42. The summed E-state index contributed by atoms with van der Waals surface area (Å²) >= 11 is 0. The maximum atomic E-state index is 14.4. The Kier molecular flexibility index (Phi) is 6.97. The molecule has 0 heterocycles. The molecule has 1 N–H and O–H groups in total. The standard InChI is InChI=1S/C26H30F2O4/c1-31-20-11-12-23(27)22(14-20)17-7-5-16(6-8-17)15-32-21-4-2-3-19(13-21)24(18-9-10-18)25(28)26(29)30/h2-4,11-14,16-18,24-25H,5-10,15H2,1H3,(H,29,30). The Morgan fingerprint density at radius 1 is 1.06 bits per heavy atom. The predicted octanol–water partition coefficient (Wildman–Crippen LogP) is 6.10. The highest BCUT2D eigenvalue weighted by molar-refractivity contribution is 5.73. The van der Waals surface area contributed by atoms with Crippen LogP contribution in [-0.4, -0.2) is 31.0 Å². The lowest BCUT2D eigenvalue weighted by atomic mass is 9.79. The number of carboxylic acids is 1. The van der Waals surface area contributed by atoms with Crippen LogP contribution >= 0.6 is 0 Å². The molecule has 6 heteroatoms. The zero-order valence-electron chi connectivity index (χ0n) is 18.3. The highest BCUT2D eigenvalue weighted by Crippen LogP contribution is 2.46. The number of benzene rings is 2. The normalized spacial score (nSPS) is 22.7. The second-order valence-electron chi connectivity index (χ2n) is 9.09. The van der Waals surface area contributed by atoms with Crippen LogP contribution in [0.4, 0.5) is 8.78 Å². The molecule has 0 amide bonds. The van der Waals surface area contributed by atoms with Gasteiger partial charge >= 0.3 is 5.97 Å². The molecule has 0 aliphatic heterocycles. The quantitative estimate of drug-likeness (QED) is 0.507. The molecule has 2 aromatic rings. The van der Waals surface area contributed by atoms with Crippen LogP contribution < -0.4 is 9.47 Å². The molecule has 2 aliphatic rings. The molecule has 32 heavy (non-hydrogen) atoms. The number of alkyl halides is 1. The molecule has 2 atom stereocenters. The van der Waals surface area contributed by atoms with Crippen molar-refractivity contribution in [2.24, 2.45) is 11.8 Å². The van der Waals surface area contributed by atoms with Crippen molar-refractivity contribution >= 4 is 5.97 Å². The van der Waals surface area contributed by atoms with E-state index >= 15 is 0 Å². The van der Waals surface area contributed by atoms with Gasteiger partial charge in [0, 0.05) is 5.92 Å². The van der Waals surface area contributed by atoms with Gasteiger partial charge in [-0.25, -0.2) is 13.6 Å². The number of halogens is 2. The third-order valence-corrected chi connectivity index (χ3v) is 6.90. The molecule has 0 aromatic heterocycles. The van der Waals surface area contributed by atoms with Crippen molar-refractivity contribution < 1.29 is 28.2 Å². The first-order chi connectivity index (χ1) is 15.5. The molecule has 172 valence electrons. The molecule has 0 saturated heterocycles. The number of rotatable bonds is 9. The molecule has 4 rings (SSSR count). The third-order valence-electron chi connectivity index (χ3n) is 6.90. The Bertz CT molecular complexity index is 935. The van der Waals surface area contributed by atoms with Gasteiger partial charge in [0.1, 0.15) is 17.3 Å². The molecule has 0 spiro atoms. The van der Waals surface area contributed by atoms with E-state index in [2.05, 4.69) is 0 Å². The van der Waals surface area contributed by atoms with Gasteiger partial charge in [0.2, 0.25) is 6.17 Å². The molecular weight excluding hydrogens is 414 g/mol. The van der Waals surface area contributed by atoms with Gasteiger partial charge in [0.05, 0.1) is 13.7 Å². The second-order valence-corrected chi connectivity index (χ2v) is 9.09. The highest BCUT2D eigenvalue weighted by atomic mass is 19.1. The van der Waals surface area contributed by atoms with Gasteiger partial charge in [-0.3, -0.25) is 0 Å². The van der Waals surface area contributed by atoms with Crippen molar-refractivity contribution in [2.75, 3.05) is 13.7 Å². The van der Waals surface area contributed by atoms with E-state index in [4.69, 9.17) is 14.6 Å². The summed E-state index contributed by atoms with van der Waals surface area (Å²) in [6.07, 6.45) is 3.49. The Morgan fingerprint density at radius 2 is 1.81 bits per heavy atom. The van der Waals surface area contributed by atoms with Crippen LogP contribution in [0.15, 0.2) is 42.5 Å². The summed E-state index contributed by atoms with van der Waals surface area (Å²) in [7, 11) is 1.59. The molecule has 0 bridgehead atoms. The number of methoxy groups -OCH3 is 1. The Labute approximate surface area is 187 Å². The second kappa shape index (κ2) is 9.88. The number of carbonyl (C=O) groups is 1. The highest BCUT2D eigenvalue weighted by Gasteiger charge is 2.41. The van der Waals surface area contributed by atoms with E-state index in [0.717, 1.165) is 44.1 Å². The lowest BCUT2D eigenvalue weighted by Gasteiger charge is -2.29. The van der Waals surface area contributed by atoms with E-state index in [0.29, 0.717) is 29.6 Å². The first-order valence-corrected chi connectivity index (χ1v) is 11.4. The van der Waals surface area contributed by atoms with E-state index in [9.17, 15) is 13.6 Å². The van der Waals surface area contributed by atoms with Crippen LogP contribution in [-0.2, 0) is 4.79 Å². The van der Waals surface area contributed by atoms with Gasteiger partial charge in [0.25, 0.3) is 0 Å². The van der Waals surface area contributed by atoms with Crippen molar-refractivity contribution in [3.8, 4) is 11.5 Å². The van der Waals surface area contributed by atoms with Crippen molar-refractivity contribution in [1.29, 1.82) is 0 Å². The van der Waals surface area contributed by atoms with Crippen molar-refractivity contribution in [1.82, 2.24) is 0 Å². The van der Waals surface area contributed by atoms with Crippen LogP contribution in [0.5, 0.6) is 11.5 Å². The minimum atomic E-state index is -1.90. The van der Waals surface area contributed by atoms with Crippen molar-refractivity contribution in [3.63, 3.8) is 0 Å². The van der Waals surface area contributed by atoms with E-state index in [1.807, 2.05) is 6.07 Å². The van der Waals surface area contributed by atoms with Crippen molar-refractivity contribution in [2.45, 2.75) is 56.5 Å². The zero-order valence-corrected chi connectivity index (χ0v) is 18.3. The molecule has 2 saturated carbocycles. The fraction of sp³-hybridized carbons (Fsp3) is 0.500. The number of aliphatic carboxylic acids is 1. The van der Waals surface area contributed by atoms with Gasteiger partial charge in [-0.2, -0.15) is 0 Å². The summed E-state index contributed by atoms with van der Waals surface area (Å²) in [5.74, 6) is -0.246. The number of ether oxygens (including phenoxy) is 2. The van der Waals surface area contributed by atoms with Crippen LogP contribution in [0.25, 0.3) is 0 Å². The predicted molar refractivity (Wildman–Crippen MR) is 118 cm³/mol. The Hall–Kier alpha value is -2.63. The molecule has 2 fully saturated rings. The first-order valence-electron chi connectivity index (χ1n) is 11.4. The van der Waals surface area contributed by atoms with Crippen LogP contribution in [0.2, 0.25) is 0 Å². The van der Waals surface area contributed by atoms with Gasteiger partial charge in [-0.05, 0) is 97.7 Å². The van der Waals surface area contributed by atoms with Crippen LogP contribution in [0, 0.1) is 17.7 Å². The smallest absolute Gasteiger partial charge is 0.338 e. The summed E-state index contributed by atoms with van der Waals surface area (Å²) in [6.45, 7) is 0.544. The molecule has 4 nitrogen and oxygen atoms in total. The fourth-order valence-electron chi connectivity index (χ4n) is 4.92. The molecule has 2 aliphatic carbocycles. The zero-order chi connectivity index (χ0) is 22.7. The lowest BCUT2D eigenvalue weighted by molar-refractivity contribution is -0.143. The van der Waals surface area contributed by atoms with Gasteiger partial charge in [-0.15, -0.1) is 0 Å². The number of hydrogen-bond donors (Lipinski definition) is 1. The average molecular weight is 445 g/mol. The molecule has 2 aromatic carbocycles. The fourth-order valence-corrected chi connectivity index (χ4v) is 4.92. The summed E-state index contributed by atoms with van der Waals surface area (Å²) < 4.78 is 39.9. The minimum Gasteiger partial charge on any atom is -0.497 e. The molecule has 0 radical (unpaired) electrons. The largest absolute Gasteiger partial charge is 0.497 e. The SMILES string of the molecule is COc1ccc(F)c(C2CCC(COc3cccc(C(C4CC4)C(F)C(=O)O)c3)CC2)c1. The van der Waals surface area contributed by atoms with E-state index in [-0.39, 0.29) is 17.7 Å². The maximum Gasteiger partial charge on any atom is 0.338 e. The minimum absolute atomic E-state index is 0.0867. The lowest BCUT2D eigenvalue weighted by Crippen LogP contribution is -2.25. The third kappa shape index (κ3) is 5.22. The average Bonchev–Trinajstić information content (AvgIpc) is 3.64. The molecule has 2 unspecified atom stereocenters. The molecular formula is C26H30F2O4. The van der Waals surface area contributed by atoms with Gasteiger partial charge in [-0.1, -0.05) is 12.1 Å². The summed E-state index contributed by atoms with van der Waals surface area (Å²) in [6, 6.07) is 12.1. The summed E-state index contributed by atoms with van der Waals surface area (Å²) in [4.78, 5) is 11.2. The summed E-state index contributed by atoms with van der Waals surface area (Å²) in [5, 5.41) is 9.15. The maximum absolute atomic E-state index is 14.4. The topological polar surface area (TPSA) is 55.8 Å². The van der Waals surface area contributed by atoms with E-state index in [1.54, 1.807) is 37.4 Å². The number of carboxylic acid groups (broad SMARTS) is 1.